The summed E-state index contributed by atoms with van der Waals surface area (Å²) in [7, 11) is 8.95. The molecule has 0 fully saturated rings. The molecule has 0 bridgehead atoms. The van der Waals surface area contributed by atoms with E-state index in [1.165, 1.54) is 116 Å². The second-order valence-electron chi connectivity index (χ2n) is 8.86. The Morgan fingerprint density at radius 3 is 0.815 bits per heavy atom. The smallest absolute Gasteiger partial charge is 0.0766 e. The van der Waals surface area contributed by atoms with Gasteiger partial charge in [-0.25, -0.2) is 0 Å². The van der Waals surface area contributed by atoms with Crippen molar-refractivity contribution in [2.24, 2.45) is 0 Å². The summed E-state index contributed by atoms with van der Waals surface area (Å²) in [4.78, 5) is 3.18. The molecule has 0 saturated heterocycles. The topological polar surface area (TPSA) is 37.4 Å². The molecule has 0 aliphatic heterocycles. The molecule has 0 aliphatic rings. The molecule has 0 saturated carbocycles. The van der Waals surface area contributed by atoms with Gasteiger partial charge in [0.15, 0.2) is 0 Å². The van der Waals surface area contributed by atoms with Crippen LogP contribution in [-0.2, 0) is 5.48 Å². The zero-order chi connectivity index (χ0) is 19.9. The molecule has 0 radical (unpaired) electrons. The van der Waals surface area contributed by atoms with E-state index >= 15 is 0 Å². The molecular weight excluding hydrogens is 332 g/mol. The van der Waals surface area contributed by atoms with Gasteiger partial charge in [0.2, 0.25) is 0 Å². The third-order valence-electron chi connectivity index (χ3n) is 5.06. The maximum atomic E-state index is 2.28. The van der Waals surface area contributed by atoms with Crippen molar-refractivity contribution in [3.8, 4) is 0 Å². The molecule has 0 aromatic carbocycles. The van der Waals surface area contributed by atoms with Crippen LogP contribution in [0.5, 0.6) is 0 Å². The molecule has 0 aromatic rings. The number of hydrogen-bond donors (Lipinski definition) is 2. The molecule has 168 valence electrons. The Balaban J connectivity index is -0.000000411. The highest BCUT2D eigenvalue weighted by Gasteiger charge is 1.95. The van der Waals surface area contributed by atoms with Crippen molar-refractivity contribution < 1.29 is 15.3 Å². The number of nitrogens with one attached hydrogen (secondary N) is 2. The fourth-order valence-corrected chi connectivity index (χ4v) is 3.22. The Hall–Kier alpha value is -0.120. The predicted octanol–water partition coefficient (Wildman–Crippen LogP) is 4.42. The van der Waals surface area contributed by atoms with Crippen molar-refractivity contribution in [3.63, 3.8) is 0 Å². The van der Waals surface area contributed by atoms with E-state index in [1.807, 2.05) is 0 Å². The number of quaternary nitrogens is 2. The van der Waals surface area contributed by atoms with Crippen molar-refractivity contribution >= 4 is 0 Å². The van der Waals surface area contributed by atoms with Crippen LogP contribution in [0, 0.1) is 0 Å². The van der Waals surface area contributed by atoms with Gasteiger partial charge in [0.05, 0.1) is 41.3 Å². The fourth-order valence-electron chi connectivity index (χ4n) is 3.22. The van der Waals surface area contributed by atoms with Gasteiger partial charge in [-0.1, -0.05) is 90.9 Å². The van der Waals surface area contributed by atoms with Crippen molar-refractivity contribution in [1.82, 2.24) is 0 Å². The summed E-state index contributed by atoms with van der Waals surface area (Å²) in [6.45, 7) is 7.24. The molecule has 2 N–H and O–H groups in total. The van der Waals surface area contributed by atoms with Gasteiger partial charge in [-0.3, -0.25) is 0 Å². The Labute approximate surface area is 173 Å². The first kappa shape index (κ1) is 31.6. The van der Waals surface area contributed by atoms with Crippen LogP contribution in [0.4, 0.5) is 0 Å². The number of hydrogen-bond acceptors (Lipinski definition) is 0. The highest BCUT2D eigenvalue weighted by molar-refractivity contribution is 4.45. The van der Waals surface area contributed by atoms with Gasteiger partial charge in [0, 0.05) is 0 Å². The van der Waals surface area contributed by atoms with E-state index in [9.17, 15) is 0 Å². The van der Waals surface area contributed by atoms with Crippen molar-refractivity contribution in [3.05, 3.63) is 0 Å². The van der Waals surface area contributed by atoms with Crippen LogP contribution >= 0.6 is 0 Å². The molecule has 0 rings (SSSR count). The first-order chi connectivity index (χ1) is 12.5. The van der Waals surface area contributed by atoms with Crippen LogP contribution in [0.3, 0.4) is 0 Å². The number of unbranched alkanes of at least 4 members (excludes halogenated alkanes) is 14. The average Bonchev–Trinajstić information content (AvgIpc) is 2.60. The summed E-state index contributed by atoms with van der Waals surface area (Å²) in [5.41, 5.74) is 0. The fraction of sp³-hybridized carbons (Fsp3) is 1.00. The third-order valence-corrected chi connectivity index (χ3v) is 5.06. The number of rotatable bonds is 18. The molecule has 0 aromatic heterocycles. The molecule has 3 heteroatoms. The van der Waals surface area contributed by atoms with Crippen LogP contribution < -0.4 is 9.80 Å². The zero-order valence-corrected chi connectivity index (χ0v) is 20.1. The minimum atomic E-state index is 0. The molecule has 0 aliphatic carbocycles. The minimum absolute atomic E-state index is 0. The summed E-state index contributed by atoms with van der Waals surface area (Å²) in [6.07, 6.45) is 23.0. The molecule has 0 unspecified atom stereocenters. The van der Waals surface area contributed by atoms with E-state index in [0.29, 0.717) is 0 Å². The Morgan fingerprint density at radius 1 is 0.370 bits per heavy atom. The van der Waals surface area contributed by atoms with E-state index in [-0.39, 0.29) is 5.48 Å². The lowest BCUT2D eigenvalue weighted by atomic mass is 10.1. The van der Waals surface area contributed by atoms with Crippen LogP contribution in [-0.4, -0.2) is 41.3 Å². The molecule has 27 heavy (non-hydrogen) atoms. The Kier molecular flexibility index (Phi) is 32.8. The molecule has 3 nitrogen and oxygen atoms in total. The lowest BCUT2D eigenvalue weighted by molar-refractivity contribution is -0.858. The zero-order valence-electron chi connectivity index (χ0n) is 20.1. The van der Waals surface area contributed by atoms with E-state index in [0.717, 1.165) is 0 Å². The average molecular weight is 389 g/mol. The first-order valence-corrected chi connectivity index (χ1v) is 12.1. The SMILES string of the molecule is CCCCCCCCCC[NH+](C)C.CCCCCCCCCC[NH+](C)C.[O-2]. The van der Waals surface area contributed by atoms with Gasteiger partial charge in [-0.05, 0) is 25.7 Å². The summed E-state index contributed by atoms with van der Waals surface area (Å²) < 4.78 is 0. The van der Waals surface area contributed by atoms with E-state index in [1.54, 1.807) is 9.80 Å². The Bertz CT molecular complexity index is 208. The second kappa shape index (κ2) is 28.1. The first-order valence-electron chi connectivity index (χ1n) is 12.1. The molecule has 0 atom stereocenters. The molecule has 0 amide bonds. The maximum Gasteiger partial charge on any atom is 0.0766 e. The van der Waals surface area contributed by atoms with Crippen molar-refractivity contribution in [1.29, 1.82) is 0 Å². The highest BCUT2D eigenvalue weighted by atomic mass is 16.0. The summed E-state index contributed by atoms with van der Waals surface area (Å²) in [5, 5.41) is 0. The summed E-state index contributed by atoms with van der Waals surface area (Å²) in [6, 6.07) is 0. The van der Waals surface area contributed by atoms with Gasteiger partial charge in [-0.2, -0.15) is 0 Å². The van der Waals surface area contributed by atoms with Crippen LogP contribution in [0.25, 0.3) is 0 Å². The van der Waals surface area contributed by atoms with Crippen molar-refractivity contribution in [2.75, 3.05) is 41.3 Å². The summed E-state index contributed by atoms with van der Waals surface area (Å²) in [5.74, 6) is 0. The monoisotopic (exact) mass is 388 g/mol. The quantitative estimate of drug-likeness (QED) is 0.326. The highest BCUT2D eigenvalue weighted by Crippen LogP contribution is 2.08. The van der Waals surface area contributed by atoms with Gasteiger partial charge < -0.3 is 15.3 Å². The maximum absolute atomic E-state index is 2.28. The second-order valence-corrected chi connectivity index (χ2v) is 8.86. The van der Waals surface area contributed by atoms with E-state index in [4.69, 9.17) is 0 Å². The van der Waals surface area contributed by atoms with Crippen LogP contribution in [0.1, 0.15) is 117 Å². The van der Waals surface area contributed by atoms with Crippen molar-refractivity contribution in [2.45, 2.75) is 117 Å². The van der Waals surface area contributed by atoms with Gasteiger partial charge >= 0.3 is 0 Å². The standard InChI is InChI=1S/2C12H27N.O/c2*1-4-5-6-7-8-9-10-11-12-13(2)3;/h2*4-12H2,1-3H3;/q;;-2/p+2. The normalized spacial score (nSPS) is 10.7. The van der Waals surface area contributed by atoms with Gasteiger partial charge in [-0.15, -0.1) is 0 Å². The molecular formula is C24H56N2O. The minimum Gasteiger partial charge on any atom is -2.00 e. The largest absolute Gasteiger partial charge is 2.00 e. The van der Waals surface area contributed by atoms with E-state index in [2.05, 4.69) is 42.0 Å². The van der Waals surface area contributed by atoms with E-state index < -0.39 is 0 Å². The van der Waals surface area contributed by atoms with Gasteiger partial charge in [0.25, 0.3) is 0 Å². The lowest BCUT2D eigenvalue weighted by Crippen LogP contribution is -3.05. The lowest BCUT2D eigenvalue weighted by Gasteiger charge is -2.06. The molecule has 0 heterocycles. The Morgan fingerprint density at radius 2 is 0.593 bits per heavy atom. The van der Waals surface area contributed by atoms with Crippen LogP contribution in [0.15, 0.2) is 0 Å². The third kappa shape index (κ3) is 37.3. The predicted molar refractivity (Wildman–Crippen MR) is 121 cm³/mol. The van der Waals surface area contributed by atoms with Gasteiger partial charge in [0.1, 0.15) is 0 Å². The summed E-state index contributed by atoms with van der Waals surface area (Å²) >= 11 is 0. The van der Waals surface area contributed by atoms with Crippen LogP contribution in [0.2, 0.25) is 0 Å². The molecule has 0 spiro atoms.